The maximum Gasteiger partial charge on any atom is 0.507 e. The first kappa shape index (κ1) is 22.8. The van der Waals surface area contributed by atoms with Crippen LogP contribution in [0, 0.1) is 6.92 Å². The molecule has 174 valence electrons. The molecule has 2 aromatic carbocycles. The fourth-order valence-electron chi connectivity index (χ4n) is 3.21. The SMILES string of the molecule is Cc1cn(-c2ccc3c(c2)OC(F)(F)C(F)(F)O3)/c(=N/C(=O)N(C)[C@H](C)c2ccccc2)s1. The van der Waals surface area contributed by atoms with E-state index in [-0.39, 0.29) is 16.5 Å². The third-order valence-corrected chi connectivity index (χ3v) is 6.04. The summed E-state index contributed by atoms with van der Waals surface area (Å²) in [6, 6.07) is 12.3. The number of aromatic nitrogens is 1. The minimum absolute atomic E-state index is 0.241. The first-order chi connectivity index (χ1) is 15.5. The largest absolute Gasteiger partial charge is 0.507 e. The molecule has 0 spiro atoms. The number of benzene rings is 2. The molecule has 0 saturated heterocycles. The molecule has 6 nitrogen and oxygen atoms in total. The van der Waals surface area contributed by atoms with Crippen LogP contribution in [-0.4, -0.2) is 34.8 Å². The third-order valence-electron chi connectivity index (χ3n) is 5.15. The Hall–Kier alpha value is -3.34. The number of aryl methyl sites for hydroxylation is 1. The molecular weight excluding hydrogens is 462 g/mol. The van der Waals surface area contributed by atoms with Crippen LogP contribution in [0.2, 0.25) is 0 Å². The van der Waals surface area contributed by atoms with Crippen molar-refractivity contribution >= 4 is 17.4 Å². The van der Waals surface area contributed by atoms with Crippen LogP contribution in [-0.2, 0) is 0 Å². The van der Waals surface area contributed by atoms with Gasteiger partial charge < -0.3 is 14.4 Å². The Morgan fingerprint density at radius 1 is 1.06 bits per heavy atom. The summed E-state index contributed by atoms with van der Waals surface area (Å²) in [5.41, 5.74) is 1.22. The Balaban J connectivity index is 1.67. The summed E-state index contributed by atoms with van der Waals surface area (Å²) in [6.07, 6.45) is -7.97. The minimum Gasteiger partial charge on any atom is -0.421 e. The molecule has 1 atom stereocenters. The van der Waals surface area contributed by atoms with Crippen LogP contribution in [0.3, 0.4) is 0 Å². The number of ether oxygens (including phenoxy) is 2. The summed E-state index contributed by atoms with van der Waals surface area (Å²) in [7, 11) is 1.63. The van der Waals surface area contributed by atoms with Crippen LogP contribution in [0.4, 0.5) is 22.4 Å². The van der Waals surface area contributed by atoms with Crippen molar-refractivity contribution in [3.63, 3.8) is 0 Å². The Morgan fingerprint density at radius 2 is 1.70 bits per heavy atom. The zero-order chi connectivity index (χ0) is 24.0. The number of nitrogens with zero attached hydrogens (tertiary/aromatic N) is 3. The first-order valence-electron chi connectivity index (χ1n) is 9.82. The quantitative estimate of drug-likeness (QED) is 0.463. The second-order valence-electron chi connectivity index (χ2n) is 7.46. The van der Waals surface area contributed by atoms with Crippen LogP contribution in [0.5, 0.6) is 11.5 Å². The normalized spacial score (nSPS) is 17.5. The molecular formula is C22H19F4N3O3S. The number of rotatable bonds is 3. The van der Waals surface area contributed by atoms with Crippen molar-refractivity contribution in [1.82, 2.24) is 9.47 Å². The Labute approximate surface area is 190 Å². The number of fused-ring (bicyclic) bond motifs is 1. The fourth-order valence-corrected chi connectivity index (χ4v) is 4.03. The molecule has 1 aliphatic heterocycles. The van der Waals surface area contributed by atoms with Crippen molar-refractivity contribution in [3.8, 4) is 17.2 Å². The highest BCUT2D eigenvalue weighted by atomic mass is 32.1. The van der Waals surface area contributed by atoms with E-state index in [0.29, 0.717) is 0 Å². The van der Waals surface area contributed by atoms with Crippen LogP contribution in [0.15, 0.2) is 59.7 Å². The van der Waals surface area contributed by atoms with Gasteiger partial charge in [0.05, 0.1) is 11.7 Å². The summed E-state index contributed by atoms with van der Waals surface area (Å²) in [4.78, 5) is 19.6. The predicted molar refractivity (Wildman–Crippen MR) is 113 cm³/mol. The molecule has 33 heavy (non-hydrogen) atoms. The lowest BCUT2D eigenvalue weighted by Gasteiger charge is -2.31. The number of carbonyl (C=O) groups is 1. The summed E-state index contributed by atoms with van der Waals surface area (Å²) in [6.45, 7) is 3.65. The molecule has 0 radical (unpaired) electrons. The average Bonchev–Trinajstić information content (AvgIpc) is 3.13. The second-order valence-corrected chi connectivity index (χ2v) is 8.67. The van der Waals surface area contributed by atoms with Crippen molar-refractivity contribution in [2.75, 3.05) is 7.05 Å². The maximum atomic E-state index is 13.6. The Bertz CT molecular complexity index is 1260. The molecule has 0 saturated carbocycles. The van der Waals surface area contributed by atoms with E-state index in [0.717, 1.165) is 22.6 Å². The molecule has 0 N–H and O–H groups in total. The Morgan fingerprint density at radius 3 is 2.36 bits per heavy atom. The first-order valence-corrected chi connectivity index (χ1v) is 10.6. The van der Waals surface area contributed by atoms with E-state index >= 15 is 0 Å². The van der Waals surface area contributed by atoms with Gasteiger partial charge in [0.1, 0.15) is 0 Å². The van der Waals surface area contributed by atoms with E-state index in [1.54, 1.807) is 20.2 Å². The van der Waals surface area contributed by atoms with Crippen molar-refractivity contribution < 1.29 is 31.8 Å². The topological polar surface area (TPSA) is 56.1 Å². The summed E-state index contributed by atoms with van der Waals surface area (Å²) >= 11 is 1.21. The monoisotopic (exact) mass is 481 g/mol. The highest BCUT2D eigenvalue weighted by Gasteiger charge is 2.65. The fraction of sp³-hybridized carbons (Fsp3) is 0.273. The predicted octanol–water partition coefficient (Wildman–Crippen LogP) is 5.52. The third kappa shape index (κ3) is 4.32. The lowest BCUT2D eigenvalue weighted by Crippen LogP contribution is -2.52. The standard InChI is InChI=1S/C22H19F4N3O3S/c1-13-12-29(16-9-10-17-18(11-16)32-22(25,26)21(23,24)31-17)20(33-13)27-19(30)28(3)14(2)15-7-5-4-6-8-15/h4-12,14H,1-3H3/b27-20-/t14-/m1/s1. The molecule has 0 aliphatic carbocycles. The molecule has 11 heteroatoms. The highest BCUT2D eigenvalue weighted by Crippen LogP contribution is 2.47. The van der Waals surface area contributed by atoms with Gasteiger partial charge in [-0.05, 0) is 31.5 Å². The number of halogens is 4. The van der Waals surface area contributed by atoms with Crippen LogP contribution < -0.4 is 14.3 Å². The molecule has 0 fully saturated rings. The zero-order valence-corrected chi connectivity index (χ0v) is 18.6. The molecule has 4 rings (SSSR count). The Kier molecular flexibility index (Phi) is 5.69. The van der Waals surface area contributed by atoms with Crippen molar-refractivity contribution in [3.05, 3.63) is 70.0 Å². The number of hydrogen-bond acceptors (Lipinski definition) is 4. The van der Waals surface area contributed by atoms with Gasteiger partial charge in [-0.15, -0.1) is 11.3 Å². The van der Waals surface area contributed by atoms with Gasteiger partial charge >= 0.3 is 18.2 Å². The van der Waals surface area contributed by atoms with Gasteiger partial charge in [-0.1, -0.05) is 30.3 Å². The number of urea groups is 1. The summed E-state index contributed by atoms with van der Waals surface area (Å²) < 4.78 is 63.8. The molecule has 2 amide bonds. The minimum atomic E-state index is -4.83. The number of carbonyl (C=O) groups excluding carboxylic acids is 1. The van der Waals surface area contributed by atoms with E-state index in [1.165, 1.54) is 26.9 Å². The lowest BCUT2D eigenvalue weighted by atomic mass is 10.1. The van der Waals surface area contributed by atoms with Gasteiger partial charge in [-0.2, -0.15) is 22.6 Å². The van der Waals surface area contributed by atoms with Crippen molar-refractivity contribution in [2.45, 2.75) is 32.1 Å². The van der Waals surface area contributed by atoms with Crippen LogP contribution in [0.25, 0.3) is 5.69 Å². The average molecular weight is 481 g/mol. The molecule has 0 unspecified atom stereocenters. The van der Waals surface area contributed by atoms with E-state index in [1.807, 2.05) is 37.3 Å². The van der Waals surface area contributed by atoms with Gasteiger partial charge in [0.2, 0.25) is 0 Å². The second kappa shape index (κ2) is 8.22. The van der Waals surface area contributed by atoms with Crippen LogP contribution >= 0.6 is 11.3 Å². The number of amides is 2. The van der Waals surface area contributed by atoms with E-state index in [4.69, 9.17) is 0 Å². The number of hydrogen-bond donors (Lipinski definition) is 0. The van der Waals surface area contributed by atoms with Gasteiger partial charge in [-0.3, -0.25) is 4.57 Å². The summed E-state index contributed by atoms with van der Waals surface area (Å²) in [5, 5.41) is 0. The van der Waals surface area contributed by atoms with E-state index in [2.05, 4.69) is 14.5 Å². The van der Waals surface area contributed by atoms with E-state index in [9.17, 15) is 22.4 Å². The molecule has 1 aromatic heterocycles. The number of alkyl halides is 4. The van der Waals surface area contributed by atoms with E-state index < -0.39 is 29.7 Å². The van der Waals surface area contributed by atoms with Gasteiger partial charge in [0.25, 0.3) is 0 Å². The highest BCUT2D eigenvalue weighted by molar-refractivity contribution is 7.09. The molecule has 3 aromatic rings. The van der Waals surface area contributed by atoms with Gasteiger partial charge in [0.15, 0.2) is 16.3 Å². The zero-order valence-electron chi connectivity index (χ0n) is 17.8. The molecule has 1 aliphatic rings. The number of thiazole rings is 1. The summed E-state index contributed by atoms with van der Waals surface area (Å²) in [5.74, 6) is -1.07. The molecule has 0 bridgehead atoms. The smallest absolute Gasteiger partial charge is 0.421 e. The lowest BCUT2D eigenvalue weighted by molar-refractivity contribution is -0.391. The molecule has 2 heterocycles. The van der Waals surface area contributed by atoms with Crippen molar-refractivity contribution in [2.24, 2.45) is 4.99 Å². The van der Waals surface area contributed by atoms with Gasteiger partial charge in [-0.25, -0.2) is 4.79 Å². The maximum absolute atomic E-state index is 13.6. The van der Waals surface area contributed by atoms with Crippen LogP contribution in [0.1, 0.15) is 23.4 Å². The van der Waals surface area contributed by atoms with Gasteiger partial charge in [0, 0.05) is 24.2 Å². The van der Waals surface area contributed by atoms with Crippen molar-refractivity contribution in [1.29, 1.82) is 0 Å².